The lowest BCUT2D eigenvalue weighted by Crippen LogP contribution is -2.23. The summed E-state index contributed by atoms with van der Waals surface area (Å²) in [6, 6.07) is 8.29. The van der Waals surface area contributed by atoms with Crippen molar-refractivity contribution in [1.82, 2.24) is 9.55 Å². The van der Waals surface area contributed by atoms with E-state index >= 15 is 0 Å². The second-order valence-corrected chi connectivity index (χ2v) is 5.63. The summed E-state index contributed by atoms with van der Waals surface area (Å²) in [5.41, 5.74) is 4.13. The minimum Gasteiger partial charge on any atom is -0.291 e. The second kappa shape index (κ2) is 5.61. The van der Waals surface area contributed by atoms with Crippen molar-refractivity contribution in [3.05, 3.63) is 57.0 Å². The van der Waals surface area contributed by atoms with Gasteiger partial charge in [-0.15, -0.1) is 0 Å². The van der Waals surface area contributed by atoms with E-state index in [2.05, 4.69) is 24.0 Å². The summed E-state index contributed by atoms with van der Waals surface area (Å²) in [7, 11) is 1.78. The van der Waals surface area contributed by atoms with Crippen LogP contribution in [0, 0.1) is 20.8 Å². The predicted octanol–water partition coefficient (Wildman–Crippen LogP) is 3.00. The molecule has 4 heteroatoms. The summed E-state index contributed by atoms with van der Waals surface area (Å²) >= 11 is 1.60. The molecule has 1 heterocycles. The van der Waals surface area contributed by atoms with Crippen LogP contribution in [0.3, 0.4) is 0 Å². The Hall–Kier alpha value is -1.55. The summed E-state index contributed by atoms with van der Waals surface area (Å²) in [6.45, 7) is 5.80. The topological polar surface area (TPSA) is 34.9 Å². The normalized spacial score (nSPS) is 10.7. The lowest BCUT2D eigenvalue weighted by molar-refractivity contribution is 0.689. The van der Waals surface area contributed by atoms with E-state index in [0.717, 1.165) is 22.2 Å². The van der Waals surface area contributed by atoms with Crippen molar-refractivity contribution >= 4 is 11.8 Å². The molecule has 1 aromatic heterocycles. The van der Waals surface area contributed by atoms with Gasteiger partial charge < -0.3 is 0 Å². The first-order chi connectivity index (χ1) is 9.00. The zero-order valence-corrected chi connectivity index (χ0v) is 12.5. The smallest absolute Gasteiger partial charge is 0.257 e. The van der Waals surface area contributed by atoms with Crippen LogP contribution in [-0.2, 0) is 12.8 Å². The van der Waals surface area contributed by atoms with Crippen molar-refractivity contribution in [2.24, 2.45) is 7.05 Å². The number of hydrogen-bond donors (Lipinski definition) is 0. The Bertz CT molecular complexity index is 662. The van der Waals surface area contributed by atoms with Crippen molar-refractivity contribution in [1.29, 1.82) is 0 Å². The van der Waals surface area contributed by atoms with E-state index in [1.54, 1.807) is 23.4 Å². The van der Waals surface area contributed by atoms with E-state index in [9.17, 15) is 4.79 Å². The first-order valence-corrected chi connectivity index (χ1v) is 7.21. The summed E-state index contributed by atoms with van der Waals surface area (Å²) in [5.74, 6) is 0.829. The van der Waals surface area contributed by atoms with E-state index in [4.69, 9.17) is 0 Å². The van der Waals surface area contributed by atoms with Crippen LogP contribution in [0.25, 0.3) is 0 Å². The third-order valence-corrected chi connectivity index (χ3v) is 4.42. The standard InChI is InChI=1S/C15H18N2OS/c1-10-7-5-6-8-13(10)9-19-15-16-12(3)11(2)14(18)17(15)4/h5-8H,9H2,1-4H3. The van der Waals surface area contributed by atoms with E-state index in [0.29, 0.717) is 0 Å². The van der Waals surface area contributed by atoms with Crippen LogP contribution in [-0.4, -0.2) is 9.55 Å². The highest BCUT2D eigenvalue weighted by Gasteiger charge is 2.09. The van der Waals surface area contributed by atoms with E-state index in [1.807, 2.05) is 26.0 Å². The maximum atomic E-state index is 12.0. The van der Waals surface area contributed by atoms with Gasteiger partial charge in [-0.2, -0.15) is 0 Å². The second-order valence-electron chi connectivity index (χ2n) is 4.68. The Balaban J connectivity index is 2.26. The van der Waals surface area contributed by atoms with Crippen LogP contribution in [0.15, 0.2) is 34.2 Å². The Morgan fingerprint density at radius 2 is 1.89 bits per heavy atom. The molecule has 100 valence electrons. The molecule has 0 aliphatic rings. The fraction of sp³-hybridized carbons (Fsp3) is 0.333. The molecule has 19 heavy (non-hydrogen) atoms. The van der Waals surface area contributed by atoms with Crippen LogP contribution < -0.4 is 5.56 Å². The number of aryl methyl sites for hydroxylation is 2. The van der Waals surface area contributed by atoms with E-state index in [1.165, 1.54) is 11.1 Å². The summed E-state index contributed by atoms with van der Waals surface area (Å²) < 4.78 is 1.63. The third kappa shape index (κ3) is 2.89. The average molecular weight is 274 g/mol. The van der Waals surface area contributed by atoms with Gasteiger partial charge in [-0.05, 0) is 31.9 Å². The summed E-state index contributed by atoms with van der Waals surface area (Å²) in [6.07, 6.45) is 0. The average Bonchev–Trinajstić information content (AvgIpc) is 2.40. The fourth-order valence-corrected chi connectivity index (χ4v) is 2.93. The lowest BCUT2D eigenvalue weighted by atomic mass is 10.1. The molecule has 0 saturated heterocycles. The molecule has 0 aliphatic heterocycles. The van der Waals surface area contributed by atoms with Gasteiger partial charge in [0.05, 0.1) is 0 Å². The molecular formula is C15H18N2OS. The van der Waals surface area contributed by atoms with Crippen molar-refractivity contribution in [2.75, 3.05) is 0 Å². The monoisotopic (exact) mass is 274 g/mol. The summed E-state index contributed by atoms with van der Waals surface area (Å²) in [5, 5.41) is 0.774. The molecule has 0 atom stereocenters. The largest absolute Gasteiger partial charge is 0.291 e. The molecule has 0 saturated carbocycles. The minimum atomic E-state index is 0.0415. The van der Waals surface area contributed by atoms with Crippen LogP contribution in [0.1, 0.15) is 22.4 Å². The number of aromatic nitrogens is 2. The Kier molecular flexibility index (Phi) is 4.10. The van der Waals surface area contributed by atoms with E-state index in [-0.39, 0.29) is 5.56 Å². The molecule has 0 spiro atoms. The van der Waals surface area contributed by atoms with Gasteiger partial charge >= 0.3 is 0 Å². The van der Waals surface area contributed by atoms with Crippen molar-refractivity contribution in [2.45, 2.75) is 31.7 Å². The van der Waals surface area contributed by atoms with Gasteiger partial charge in [0, 0.05) is 24.1 Å². The SMILES string of the molecule is Cc1ccccc1CSc1nc(C)c(C)c(=O)n1C. The van der Waals surface area contributed by atoms with Gasteiger partial charge in [0.15, 0.2) is 5.16 Å². The van der Waals surface area contributed by atoms with Gasteiger partial charge in [-0.1, -0.05) is 36.0 Å². The number of benzene rings is 1. The minimum absolute atomic E-state index is 0.0415. The van der Waals surface area contributed by atoms with Gasteiger partial charge in [0.25, 0.3) is 5.56 Å². The lowest BCUT2D eigenvalue weighted by Gasteiger charge is -2.10. The highest BCUT2D eigenvalue weighted by atomic mass is 32.2. The Labute approximate surface area is 117 Å². The Morgan fingerprint density at radius 1 is 1.21 bits per heavy atom. The third-order valence-electron chi connectivity index (χ3n) is 3.34. The van der Waals surface area contributed by atoms with Crippen molar-refractivity contribution in [3.8, 4) is 0 Å². The van der Waals surface area contributed by atoms with Gasteiger partial charge in [0.2, 0.25) is 0 Å². The van der Waals surface area contributed by atoms with E-state index < -0.39 is 0 Å². The van der Waals surface area contributed by atoms with Crippen molar-refractivity contribution in [3.63, 3.8) is 0 Å². The number of thioether (sulfide) groups is 1. The zero-order chi connectivity index (χ0) is 14.0. The maximum absolute atomic E-state index is 12.0. The quantitative estimate of drug-likeness (QED) is 0.637. The molecule has 1 aromatic carbocycles. The molecule has 2 aromatic rings. The molecule has 0 fully saturated rings. The van der Waals surface area contributed by atoms with Crippen LogP contribution in [0.4, 0.5) is 0 Å². The molecule has 0 bridgehead atoms. The molecular weight excluding hydrogens is 256 g/mol. The van der Waals surface area contributed by atoms with Crippen LogP contribution in [0.2, 0.25) is 0 Å². The number of rotatable bonds is 3. The molecule has 0 unspecified atom stereocenters. The van der Waals surface area contributed by atoms with Crippen LogP contribution >= 0.6 is 11.8 Å². The fourth-order valence-electron chi connectivity index (χ4n) is 1.84. The van der Waals surface area contributed by atoms with Gasteiger partial charge in [0.1, 0.15) is 0 Å². The van der Waals surface area contributed by atoms with Gasteiger partial charge in [-0.3, -0.25) is 9.36 Å². The highest BCUT2D eigenvalue weighted by Crippen LogP contribution is 2.22. The Morgan fingerprint density at radius 3 is 2.58 bits per heavy atom. The zero-order valence-electron chi connectivity index (χ0n) is 11.7. The molecule has 3 nitrogen and oxygen atoms in total. The number of hydrogen-bond acceptors (Lipinski definition) is 3. The molecule has 2 rings (SSSR count). The van der Waals surface area contributed by atoms with Crippen LogP contribution in [0.5, 0.6) is 0 Å². The summed E-state index contributed by atoms with van der Waals surface area (Å²) in [4.78, 5) is 16.5. The van der Waals surface area contributed by atoms with Gasteiger partial charge in [-0.25, -0.2) is 4.98 Å². The highest BCUT2D eigenvalue weighted by molar-refractivity contribution is 7.98. The molecule has 0 radical (unpaired) electrons. The molecule has 0 aliphatic carbocycles. The number of nitrogens with zero attached hydrogens (tertiary/aromatic N) is 2. The predicted molar refractivity (Wildman–Crippen MR) is 79.7 cm³/mol. The van der Waals surface area contributed by atoms with Crippen molar-refractivity contribution < 1.29 is 0 Å². The molecule has 0 N–H and O–H groups in total. The molecule has 0 amide bonds. The maximum Gasteiger partial charge on any atom is 0.257 e. The first-order valence-electron chi connectivity index (χ1n) is 6.22. The first kappa shape index (κ1) is 13.9.